The number of anilines is 1. The lowest BCUT2D eigenvalue weighted by atomic mass is 10.3. The zero-order valence-electron chi connectivity index (χ0n) is 11.8. The number of thiazole rings is 1. The molecule has 5 heteroatoms. The number of nitrogens with zero attached hydrogens (tertiary/aromatic N) is 4. The highest BCUT2D eigenvalue weighted by atomic mass is 32.1. The van der Waals surface area contributed by atoms with Gasteiger partial charge in [0.25, 0.3) is 0 Å². The first-order valence-electron chi connectivity index (χ1n) is 6.49. The minimum atomic E-state index is 0.748. The number of rotatable bonds is 3. The van der Waals surface area contributed by atoms with Crippen molar-refractivity contribution in [3.8, 4) is 0 Å². The molecule has 0 aliphatic carbocycles. The fraction of sp³-hybridized carbons (Fsp3) is 0.267. The van der Waals surface area contributed by atoms with Crippen molar-refractivity contribution in [1.82, 2.24) is 15.0 Å². The number of hydrogen-bond donors (Lipinski definition) is 0. The number of hydrogen-bond acceptors (Lipinski definition) is 5. The Morgan fingerprint density at radius 1 is 1.05 bits per heavy atom. The van der Waals surface area contributed by atoms with Crippen LogP contribution in [0.5, 0.6) is 0 Å². The maximum atomic E-state index is 4.72. The molecule has 0 fully saturated rings. The summed E-state index contributed by atoms with van der Waals surface area (Å²) >= 11 is 1.67. The third kappa shape index (κ3) is 2.49. The lowest BCUT2D eigenvalue weighted by Gasteiger charge is -2.19. The average molecular weight is 284 g/mol. The molecular formula is C15H16N4S. The van der Waals surface area contributed by atoms with Crippen LogP contribution in [0.2, 0.25) is 0 Å². The van der Waals surface area contributed by atoms with Gasteiger partial charge in [0.2, 0.25) is 0 Å². The molecular weight excluding hydrogens is 268 g/mol. The third-order valence-corrected chi connectivity index (χ3v) is 3.97. The van der Waals surface area contributed by atoms with E-state index in [1.807, 2.05) is 45.2 Å². The molecule has 4 nitrogen and oxygen atoms in total. The van der Waals surface area contributed by atoms with E-state index in [4.69, 9.17) is 4.98 Å². The number of fused-ring (bicyclic) bond motifs is 1. The second-order valence-electron chi connectivity index (χ2n) is 4.84. The van der Waals surface area contributed by atoms with Gasteiger partial charge in [-0.1, -0.05) is 12.1 Å². The first-order chi connectivity index (χ1) is 9.63. The van der Waals surface area contributed by atoms with Crippen LogP contribution in [-0.2, 0) is 6.54 Å². The Balaban J connectivity index is 1.94. The van der Waals surface area contributed by atoms with Crippen molar-refractivity contribution in [3.63, 3.8) is 0 Å². The van der Waals surface area contributed by atoms with Crippen molar-refractivity contribution in [3.05, 3.63) is 46.0 Å². The molecule has 0 atom stereocenters. The Hall–Kier alpha value is -2.01. The van der Waals surface area contributed by atoms with Gasteiger partial charge >= 0.3 is 0 Å². The Labute approximate surface area is 122 Å². The first-order valence-corrected chi connectivity index (χ1v) is 7.37. The molecule has 0 N–H and O–H groups in total. The summed E-state index contributed by atoms with van der Waals surface area (Å²) in [6, 6.07) is 7.95. The average Bonchev–Trinajstić information content (AvgIpc) is 2.83. The molecule has 0 saturated carbocycles. The lowest BCUT2D eigenvalue weighted by molar-refractivity contribution is 0.862. The highest BCUT2D eigenvalue weighted by Gasteiger charge is 2.11. The van der Waals surface area contributed by atoms with Gasteiger partial charge in [-0.2, -0.15) is 0 Å². The molecule has 2 heterocycles. The van der Waals surface area contributed by atoms with Crippen molar-refractivity contribution in [2.45, 2.75) is 20.4 Å². The molecule has 0 unspecified atom stereocenters. The first kappa shape index (κ1) is 13.0. The van der Waals surface area contributed by atoms with Gasteiger partial charge in [0, 0.05) is 12.4 Å². The summed E-state index contributed by atoms with van der Waals surface area (Å²) in [5.41, 5.74) is 3.88. The molecule has 0 aliphatic rings. The molecule has 2 aromatic heterocycles. The zero-order valence-corrected chi connectivity index (χ0v) is 12.6. The predicted octanol–water partition coefficient (Wildman–Crippen LogP) is 3.34. The van der Waals surface area contributed by atoms with Crippen molar-refractivity contribution < 1.29 is 0 Å². The predicted molar refractivity (Wildman–Crippen MR) is 83.2 cm³/mol. The van der Waals surface area contributed by atoms with E-state index in [1.54, 1.807) is 11.3 Å². The summed E-state index contributed by atoms with van der Waals surface area (Å²) in [5, 5.41) is 3.19. The molecule has 3 aromatic rings. The lowest BCUT2D eigenvalue weighted by Crippen LogP contribution is -2.19. The van der Waals surface area contributed by atoms with Crippen LogP contribution >= 0.6 is 11.3 Å². The number of aryl methyl sites for hydroxylation is 2. The molecule has 0 spiro atoms. The van der Waals surface area contributed by atoms with Crippen LogP contribution < -0.4 is 4.90 Å². The Bertz CT molecular complexity index is 750. The fourth-order valence-electron chi connectivity index (χ4n) is 2.24. The van der Waals surface area contributed by atoms with E-state index < -0.39 is 0 Å². The number of aromatic nitrogens is 3. The largest absolute Gasteiger partial charge is 0.352 e. The van der Waals surface area contributed by atoms with Crippen LogP contribution in [0.15, 0.2) is 29.6 Å². The maximum absolute atomic E-state index is 4.72. The van der Waals surface area contributed by atoms with E-state index in [-0.39, 0.29) is 0 Å². The maximum Gasteiger partial charge on any atom is 0.150 e. The summed E-state index contributed by atoms with van der Waals surface area (Å²) in [4.78, 5) is 15.9. The second kappa shape index (κ2) is 5.17. The molecule has 0 bridgehead atoms. The number of para-hydroxylation sites is 2. The minimum absolute atomic E-state index is 0.748. The van der Waals surface area contributed by atoms with Gasteiger partial charge in [-0.25, -0.2) is 15.0 Å². The Morgan fingerprint density at radius 3 is 2.40 bits per heavy atom. The molecule has 0 saturated heterocycles. The highest BCUT2D eigenvalue weighted by Crippen LogP contribution is 2.20. The molecule has 0 amide bonds. The van der Waals surface area contributed by atoms with Gasteiger partial charge in [-0.15, -0.1) is 11.3 Å². The quantitative estimate of drug-likeness (QED) is 0.739. The topological polar surface area (TPSA) is 41.9 Å². The van der Waals surface area contributed by atoms with Gasteiger partial charge in [-0.3, -0.25) is 0 Å². The van der Waals surface area contributed by atoms with E-state index in [0.717, 1.165) is 39.8 Å². The van der Waals surface area contributed by atoms with Gasteiger partial charge in [0.05, 0.1) is 34.0 Å². The molecule has 20 heavy (non-hydrogen) atoms. The Kier molecular flexibility index (Phi) is 3.36. The van der Waals surface area contributed by atoms with Crippen LogP contribution in [0.4, 0.5) is 5.82 Å². The van der Waals surface area contributed by atoms with Crippen molar-refractivity contribution in [2.24, 2.45) is 0 Å². The monoisotopic (exact) mass is 284 g/mol. The summed E-state index contributed by atoms with van der Waals surface area (Å²) in [5.74, 6) is 0.911. The highest BCUT2D eigenvalue weighted by molar-refractivity contribution is 7.09. The van der Waals surface area contributed by atoms with Crippen LogP contribution in [0.25, 0.3) is 11.0 Å². The second-order valence-corrected chi connectivity index (χ2v) is 5.90. The standard InChI is InChI=1S/C15H16N4S/c1-10-15(18-14-7-5-4-6-13(14)16-10)19(3)8-12-9-20-11(2)17-12/h4-7,9H,8H2,1-3H3. The summed E-state index contributed by atoms with van der Waals surface area (Å²) < 4.78 is 0. The van der Waals surface area contributed by atoms with Gasteiger partial charge < -0.3 is 4.90 Å². The van der Waals surface area contributed by atoms with Crippen LogP contribution in [0.1, 0.15) is 16.4 Å². The van der Waals surface area contributed by atoms with Crippen molar-refractivity contribution in [1.29, 1.82) is 0 Å². The molecule has 0 radical (unpaired) electrons. The van der Waals surface area contributed by atoms with Crippen molar-refractivity contribution in [2.75, 3.05) is 11.9 Å². The summed E-state index contributed by atoms with van der Waals surface area (Å²) in [7, 11) is 2.03. The minimum Gasteiger partial charge on any atom is -0.352 e. The van der Waals surface area contributed by atoms with Gasteiger partial charge in [0.15, 0.2) is 5.82 Å². The van der Waals surface area contributed by atoms with E-state index >= 15 is 0 Å². The molecule has 102 valence electrons. The van der Waals surface area contributed by atoms with Crippen LogP contribution in [0.3, 0.4) is 0 Å². The SMILES string of the molecule is Cc1nc(CN(C)c2nc3ccccc3nc2C)cs1. The van der Waals surface area contributed by atoms with Crippen molar-refractivity contribution >= 4 is 28.2 Å². The Morgan fingerprint density at radius 2 is 1.75 bits per heavy atom. The van der Waals surface area contributed by atoms with E-state index in [0.29, 0.717) is 0 Å². The smallest absolute Gasteiger partial charge is 0.150 e. The van der Waals surface area contributed by atoms with Gasteiger partial charge in [-0.05, 0) is 26.0 Å². The van der Waals surface area contributed by atoms with Gasteiger partial charge in [0.1, 0.15) is 0 Å². The normalized spacial score (nSPS) is 10.9. The zero-order chi connectivity index (χ0) is 14.1. The molecule has 0 aliphatic heterocycles. The van der Waals surface area contributed by atoms with Crippen LogP contribution in [-0.4, -0.2) is 22.0 Å². The van der Waals surface area contributed by atoms with E-state index in [2.05, 4.69) is 20.2 Å². The summed E-state index contributed by atoms with van der Waals surface area (Å²) in [6.07, 6.45) is 0. The third-order valence-electron chi connectivity index (χ3n) is 3.15. The summed E-state index contributed by atoms with van der Waals surface area (Å²) in [6.45, 7) is 4.77. The van der Waals surface area contributed by atoms with E-state index in [1.165, 1.54) is 0 Å². The molecule has 3 rings (SSSR count). The number of benzene rings is 1. The molecule has 1 aromatic carbocycles. The van der Waals surface area contributed by atoms with E-state index in [9.17, 15) is 0 Å². The van der Waals surface area contributed by atoms with Crippen LogP contribution in [0, 0.1) is 13.8 Å². The fourth-order valence-corrected chi connectivity index (χ4v) is 2.84.